The van der Waals surface area contributed by atoms with Crippen LogP contribution in [-0.4, -0.2) is 0 Å². The van der Waals surface area contributed by atoms with Crippen molar-refractivity contribution in [3.05, 3.63) is 13.8 Å². The molecule has 0 aliphatic carbocycles. The Labute approximate surface area is 78.8 Å². The summed E-state index contributed by atoms with van der Waals surface area (Å²) in [5, 5.41) is 0. The number of hydrogen-bond donors (Lipinski definition) is 0. The minimum Gasteiger partial charge on any atom is -0.0651 e. The second-order valence-electron chi connectivity index (χ2n) is 3.62. The van der Waals surface area contributed by atoms with Gasteiger partial charge >= 0.3 is 0 Å². The van der Waals surface area contributed by atoms with E-state index in [-0.39, 0.29) is 0 Å². The van der Waals surface area contributed by atoms with Crippen molar-refractivity contribution in [2.24, 2.45) is 5.92 Å². The van der Waals surface area contributed by atoms with Gasteiger partial charge in [-0.1, -0.05) is 72.1 Å². The fraction of sp³-hybridized carbons (Fsp3) is 0.833. The van der Waals surface area contributed by atoms with E-state index < -0.39 is 0 Å². The molecule has 0 aromatic heterocycles. The molecule has 2 radical (unpaired) electrons. The van der Waals surface area contributed by atoms with Crippen LogP contribution in [0.25, 0.3) is 0 Å². The zero-order chi connectivity index (χ0) is 9.23. The first-order valence-corrected chi connectivity index (χ1v) is 5.43. The lowest BCUT2D eigenvalue weighted by Crippen LogP contribution is -1.97. The van der Waals surface area contributed by atoms with Crippen LogP contribution in [0.1, 0.15) is 58.3 Å². The molecule has 0 nitrogen and oxygen atoms in total. The van der Waals surface area contributed by atoms with Gasteiger partial charge in [0.15, 0.2) is 0 Å². The fourth-order valence-electron chi connectivity index (χ4n) is 1.63. The summed E-state index contributed by atoms with van der Waals surface area (Å²) in [6.45, 7) is 10.1. The third-order valence-electron chi connectivity index (χ3n) is 2.55. The molecule has 0 rings (SSSR count). The predicted octanol–water partition coefficient (Wildman–Crippen LogP) is 4.41. The van der Waals surface area contributed by atoms with Crippen molar-refractivity contribution < 1.29 is 0 Å². The Kier molecular flexibility index (Phi) is 9.09. The van der Waals surface area contributed by atoms with Gasteiger partial charge in [-0.05, 0) is 5.92 Å². The molecule has 0 aliphatic rings. The van der Waals surface area contributed by atoms with E-state index in [2.05, 4.69) is 20.8 Å². The second-order valence-corrected chi connectivity index (χ2v) is 3.62. The molecule has 0 aliphatic heterocycles. The van der Waals surface area contributed by atoms with Crippen LogP contribution in [0.2, 0.25) is 0 Å². The molecule has 0 aromatic rings. The zero-order valence-corrected chi connectivity index (χ0v) is 8.65. The Hall–Kier alpha value is 0. The van der Waals surface area contributed by atoms with Crippen LogP contribution in [-0.2, 0) is 0 Å². The van der Waals surface area contributed by atoms with Crippen molar-refractivity contribution in [2.45, 2.75) is 58.3 Å². The highest BCUT2D eigenvalue weighted by Gasteiger charge is 2.03. The molecule has 0 heterocycles. The highest BCUT2D eigenvalue weighted by molar-refractivity contribution is 4.59. The third kappa shape index (κ3) is 6.69. The van der Waals surface area contributed by atoms with Crippen LogP contribution < -0.4 is 0 Å². The van der Waals surface area contributed by atoms with Gasteiger partial charge in [-0.3, -0.25) is 0 Å². The van der Waals surface area contributed by atoms with Gasteiger partial charge in [-0.15, -0.1) is 0 Å². The van der Waals surface area contributed by atoms with Crippen molar-refractivity contribution in [1.82, 2.24) is 0 Å². The van der Waals surface area contributed by atoms with E-state index in [4.69, 9.17) is 0 Å². The molecule has 1 atom stereocenters. The highest BCUT2D eigenvalue weighted by atomic mass is 14.1. The molecule has 12 heavy (non-hydrogen) atoms. The lowest BCUT2D eigenvalue weighted by Gasteiger charge is -2.12. The molecule has 0 saturated heterocycles. The van der Waals surface area contributed by atoms with Crippen LogP contribution in [0.4, 0.5) is 0 Å². The second kappa shape index (κ2) is 9.09. The van der Waals surface area contributed by atoms with Gasteiger partial charge in [0.05, 0.1) is 0 Å². The number of rotatable bonds is 8. The summed E-state index contributed by atoms with van der Waals surface area (Å²) in [5.74, 6) is 0.937. The van der Waals surface area contributed by atoms with Gasteiger partial charge < -0.3 is 0 Å². The Morgan fingerprint density at radius 1 is 0.917 bits per heavy atom. The van der Waals surface area contributed by atoms with E-state index in [0.717, 1.165) is 18.8 Å². The number of unbranched alkanes of at least 4 members (excludes halogenated alkanes) is 3. The molecule has 0 N–H and O–H groups in total. The summed E-state index contributed by atoms with van der Waals surface area (Å²) in [6.07, 6.45) is 10.3. The first-order valence-electron chi connectivity index (χ1n) is 5.43. The average Bonchev–Trinajstić information content (AvgIpc) is 2.10. The van der Waals surface area contributed by atoms with E-state index >= 15 is 0 Å². The topological polar surface area (TPSA) is 0 Å². The first-order chi connectivity index (χ1) is 5.85. The van der Waals surface area contributed by atoms with Gasteiger partial charge in [0.1, 0.15) is 0 Å². The van der Waals surface area contributed by atoms with Gasteiger partial charge in [0.25, 0.3) is 0 Å². The lowest BCUT2D eigenvalue weighted by molar-refractivity contribution is 0.417. The summed E-state index contributed by atoms with van der Waals surface area (Å²) in [6, 6.07) is 0. The summed E-state index contributed by atoms with van der Waals surface area (Å²) in [7, 11) is 0. The van der Waals surface area contributed by atoms with Gasteiger partial charge in [0.2, 0.25) is 0 Å². The molecule has 0 spiro atoms. The van der Waals surface area contributed by atoms with E-state index in [1.807, 2.05) is 0 Å². The average molecular weight is 168 g/mol. The standard InChI is InChI=1S/C12H24/c1-4-7-8-9-11-12(6-3)10-5-2/h12H,1-2,4-11H2,3H3. The molecule has 0 saturated carbocycles. The molecule has 1 unspecified atom stereocenters. The molecule has 0 heteroatoms. The maximum atomic E-state index is 3.91. The molecule has 0 fully saturated rings. The SMILES string of the molecule is [CH2]CCCCCC(CC)CC[CH2]. The first kappa shape index (κ1) is 12.0. The largest absolute Gasteiger partial charge is 0.0651 e. The maximum Gasteiger partial charge on any atom is -0.0417 e. The van der Waals surface area contributed by atoms with Crippen molar-refractivity contribution in [2.75, 3.05) is 0 Å². The van der Waals surface area contributed by atoms with Crippen LogP contribution in [0.3, 0.4) is 0 Å². The Morgan fingerprint density at radius 3 is 2.17 bits per heavy atom. The van der Waals surface area contributed by atoms with E-state index in [0.29, 0.717) is 0 Å². The fourth-order valence-corrected chi connectivity index (χ4v) is 1.63. The van der Waals surface area contributed by atoms with Crippen molar-refractivity contribution in [3.8, 4) is 0 Å². The quantitative estimate of drug-likeness (QED) is 0.471. The van der Waals surface area contributed by atoms with E-state index in [1.165, 1.54) is 38.5 Å². The summed E-state index contributed by atoms with van der Waals surface area (Å²) in [5.41, 5.74) is 0. The molecular formula is C12H24. The van der Waals surface area contributed by atoms with Crippen LogP contribution in [0, 0.1) is 19.8 Å². The lowest BCUT2D eigenvalue weighted by atomic mass is 9.94. The van der Waals surface area contributed by atoms with Gasteiger partial charge in [-0.25, -0.2) is 0 Å². The summed E-state index contributed by atoms with van der Waals surface area (Å²) < 4.78 is 0. The molecule has 72 valence electrons. The Bertz CT molecular complexity index is 76.1. The van der Waals surface area contributed by atoms with Crippen molar-refractivity contribution in [3.63, 3.8) is 0 Å². The summed E-state index contributed by atoms with van der Waals surface area (Å²) in [4.78, 5) is 0. The maximum absolute atomic E-state index is 3.91. The van der Waals surface area contributed by atoms with Crippen molar-refractivity contribution in [1.29, 1.82) is 0 Å². The third-order valence-corrected chi connectivity index (χ3v) is 2.55. The summed E-state index contributed by atoms with van der Waals surface area (Å²) >= 11 is 0. The van der Waals surface area contributed by atoms with E-state index in [1.54, 1.807) is 0 Å². The molecule has 0 amide bonds. The minimum atomic E-state index is 0.937. The Morgan fingerprint density at radius 2 is 1.67 bits per heavy atom. The van der Waals surface area contributed by atoms with Crippen LogP contribution in [0.15, 0.2) is 0 Å². The van der Waals surface area contributed by atoms with Gasteiger partial charge in [0, 0.05) is 0 Å². The zero-order valence-electron chi connectivity index (χ0n) is 8.65. The van der Waals surface area contributed by atoms with Gasteiger partial charge in [-0.2, -0.15) is 0 Å². The minimum absolute atomic E-state index is 0.937. The van der Waals surface area contributed by atoms with Crippen molar-refractivity contribution >= 4 is 0 Å². The number of hydrogen-bond acceptors (Lipinski definition) is 0. The molecule has 0 aromatic carbocycles. The molecular weight excluding hydrogens is 144 g/mol. The van der Waals surface area contributed by atoms with Crippen LogP contribution in [0.5, 0.6) is 0 Å². The predicted molar refractivity (Wildman–Crippen MR) is 56.8 cm³/mol. The normalized spacial score (nSPS) is 13.2. The van der Waals surface area contributed by atoms with E-state index in [9.17, 15) is 0 Å². The highest BCUT2D eigenvalue weighted by Crippen LogP contribution is 2.18. The molecule has 0 bridgehead atoms. The van der Waals surface area contributed by atoms with Crippen LogP contribution >= 0.6 is 0 Å². The smallest absolute Gasteiger partial charge is 0.0417 e. The monoisotopic (exact) mass is 168 g/mol. The Balaban J connectivity index is 3.19.